The molecule has 1 atom stereocenters. The molecular weight excluding hydrogens is 251 g/mol. The number of rotatable bonds is 6. The zero-order valence-electron chi connectivity index (χ0n) is 10.8. The number of nitrogens with zero attached hydrogens (tertiary/aromatic N) is 3. The van der Waals surface area contributed by atoms with Gasteiger partial charge in [-0.1, -0.05) is 17.2 Å². The molecule has 0 aromatic heterocycles. The van der Waals surface area contributed by atoms with Crippen molar-refractivity contribution in [2.45, 2.75) is 13.0 Å². The molecule has 0 saturated carbocycles. The van der Waals surface area contributed by atoms with E-state index in [2.05, 4.69) is 20.1 Å². The van der Waals surface area contributed by atoms with Gasteiger partial charge in [-0.2, -0.15) is 0 Å². The van der Waals surface area contributed by atoms with Gasteiger partial charge >= 0.3 is 5.97 Å². The lowest BCUT2D eigenvalue weighted by molar-refractivity contribution is -0.143. The fourth-order valence-electron chi connectivity index (χ4n) is 1.55. The predicted octanol–water partition coefficient (Wildman–Crippen LogP) is 2.25. The van der Waals surface area contributed by atoms with Gasteiger partial charge in [-0.3, -0.25) is 0 Å². The van der Waals surface area contributed by atoms with Crippen molar-refractivity contribution in [1.82, 2.24) is 5.32 Å². The lowest BCUT2D eigenvalue weighted by Crippen LogP contribution is -2.31. The fourth-order valence-corrected chi connectivity index (χ4v) is 1.55. The first kappa shape index (κ1) is 14.9. The lowest BCUT2D eigenvalue weighted by atomic mass is 10.0. The predicted molar refractivity (Wildman–Crippen MR) is 67.9 cm³/mol. The van der Waals surface area contributed by atoms with Crippen molar-refractivity contribution >= 4 is 5.97 Å². The van der Waals surface area contributed by atoms with Crippen molar-refractivity contribution < 1.29 is 13.9 Å². The van der Waals surface area contributed by atoms with Gasteiger partial charge in [-0.25, -0.2) is 9.18 Å². The van der Waals surface area contributed by atoms with Gasteiger partial charge in [0.05, 0.1) is 7.11 Å². The molecule has 0 radical (unpaired) electrons. The van der Waals surface area contributed by atoms with Crippen LogP contribution in [-0.4, -0.2) is 26.2 Å². The number of azide groups is 1. The summed E-state index contributed by atoms with van der Waals surface area (Å²) in [5.74, 6) is -0.910. The van der Waals surface area contributed by atoms with Crippen molar-refractivity contribution in [3.63, 3.8) is 0 Å². The Hall–Kier alpha value is -2.11. The van der Waals surface area contributed by atoms with Crippen LogP contribution in [0.1, 0.15) is 17.2 Å². The van der Waals surface area contributed by atoms with E-state index in [1.165, 1.54) is 13.2 Å². The summed E-state index contributed by atoms with van der Waals surface area (Å²) >= 11 is 0. The first-order chi connectivity index (χ1) is 9.10. The summed E-state index contributed by atoms with van der Waals surface area (Å²) in [5.41, 5.74) is 9.13. The molecule has 0 spiro atoms. The minimum Gasteiger partial charge on any atom is -0.468 e. The highest BCUT2D eigenvalue weighted by Crippen LogP contribution is 2.17. The van der Waals surface area contributed by atoms with Crippen LogP contribution in [0.25, 0.3) is 10.4 Å². The van der Waals surface area contributed by atoms with Gasteiger partial charge in [0.25, 0.3) is 0 Å². The summed E-state index contributed by atoms with van der Waals surface area (Å²) in [4.78, 5) is 14.3. The molecule has 1 aromatic rings. The van der Waals surface area contributed by atoms with Crippen molar-refractivity contribution in [3.8, 4) is 0 Å². The summed E-state index contributed by atoms with van der Waals surface area (Å²) in [5, 5.41) is 6.21. The molecule has 0 aliphatic carbocycles. The average molecular weight is 266 g/mol. The highest BCUT2D eigenvalue weighted by Gasteiger charge is 2.21. The molecule has 1 unspecified atom stereocenters. The third kappa shape index (κ3) is 4.24. The molecule has 0 fully saturated rings. The number of hydrogen-bond donors (Lipinski definition) is 1. The number of nitrogens with one attached hydrogen (secondary N) is 1. The second kappa shape index (κ2) is 7.35. The standard InChI is InChI=1S/C12H15FN4O2/c1-8-3-4-9(7-10(8)13)11(12(18)19-2)15-5-6-16-17-14/h3-4,7,11,15H,5-6H2,1-2H3. The van der Waals surface area contributed by atoms with E-state index in [1.54, 1.807) is 19.1 Å². The van der Waals surface area contributed by atoms with Crippen LogP contribution in [0.15, 0.2) is 23.3 Å². The topological polar surface area (TPSA) is 87.1 Å². The average Bonchev–Trinajstić information content (AvgIpc) is 2.41. The van der Waals surface area contributed by atoms with E-state index in [0.717, 1.165) is 0 Å². The molecule has 7 heteroatoms. The molecule has 1 rings (SSSR count). The summed E-state index contributed by atoms with van der Waals surface area (Å²) in [6.45, 7) is 2.12. The van der Waals surface area contributed by atoms with E-state index in [-0.39, 0.29) is 12.4 Å². The number of aryl methyl sites for hydroxylation is 1. The van der Waals surface area contributed by atoms with Gasteiger partial charge in [0.15, 0.2) is 0 Å². The summed E-state index contributed by atoms with van der Waals surface area (Å²) < 4.78 is 18.2. The maximum atomic E-state index is 13.5. The van der Waals surface area contributed by atoms with Gasteiger partial charge in [-0.15, -0.1) is 0 Å². The largest absolute Gasteiger partial charge is 0.468 e. The molecule has 1 N–H and O–H groups in total. The molecule has 6 nitrogen and oxygen atoms in total. The molecule has 0 heterocycles. The minimum atomic E-state index is -0.783. The van der Waals surface area contributed by atoms with Crippen LogP contribution >= 0.6 is 0 Å². The van der Waals surface area contributed by atoms with Crippen LogP contribution in [0.3, 0.4) is 0 Å². The van der Waals surface area contributed by atoms with Crippen LogP contribution in [-0.2, 0) is 9.53 Å². The van der Waals surface area contributed by atoms with Crippen molar-refractivity contribution in [2.75, 3.05) is 20.2 Å². The number of hydrogen-bond acceptors (Lipinski definition) is 4. The molecule has 0 amide bonds. The Morgan fingerprint density at radius 3 is 2.95 bits per heavy atom. The third-order valence-corrected chi connectivity index (χ3v) is 2.59. The maximum Gasteiger partial charge on any atom is 0.327 e. The quantitative estimate of drug-likeness (QED) is 0.281. The van der Waals surface area contributed by atoms with Gasteiger partial charge in [0, 0.05) is 18.0 Å². The number of esters is 1. The zero-order valence-corrected chi connectivity index (χ0v) is 10.8. The van der Waals surface area contributed by atoms with Crippen LogP contribution in [0.2, 0.25) is 0 Å². The zero-order chi connectivity index (χ0) is 14.3. The van der Waals surface area contributed by atoms with E-state index in [4.69, 9.17) is 5.53 Å². The second-order valence-electron chi connectivity index (χ2n) is 3.87. The van der Waals surface area contributed by atoms with Gasteiger partial charge in [0.2, 0.25) is 0 Å². The van der Waals surface area contributed by atoms with Crippen molar-refractivity contribution in [1.29, 1.82) is 0 Å². The van der Waals surface area contributed by atoms with Gasteiger partial charge in [-0.05, 0) is 29.6 Å². The maximum absolute atomic E-state index is 13.5. The van der Waals surface area contributed by atoms with Crippen molar-refractivity contribution in [3.05, 3.63) is 45.6 Å². The Bertz CT molecular complexity index is 501. The molecular formula is C12H15FN4O2. The highest BCUT2D eigenvalue weighted by atomic mass is 19.1. The fraction of sp³-hybridized carbons (Fsp3) is 0.417. The number of halogens is 1. The van der Waals surface area contributed by atoms with Crippen LogP contribution < -0.4 is 5.32 Å². The number of benzene rings is 1. The molecule has 0 bridgehead atoms. The van der Waals surface area contributed by atoms with E-state index >= 15 is 0 Å². The smallest absolute Gasteiger partial charge is 0.327 e. The van der Waals surface area contributed by atoms with Crippen molar-refractivity contribution in [2.24, 2.45) is 5.11 Å². The molecule has 1 aromatic carbocycles. The van der Waals surface area contributed by atoms with Gasteiger partial charge in [0.1, 0.15) is 11.9 Å². The number of carbonyl (C=O) groups is 1. The van der Waals surface area contributed by atoms with Crippen LogP contribution in [0.4, 0.5) is 4.39 Å². The highest BCUT2D eigenvalue weighted by molar-refractivity contribution is 5.77. The molecule has 102 valence electrons. The summed E-state index contributed by atoms with van der Waals surface area (Å²) in [6.07, 6.45) is 0. The van der Waals surface area contributed by atoms with E-state index in [0.29, 0.717) is 17.7 Å². The normalized spacial score (nSPS) is 11.5. The Morgan fingerprint density at radius 1 is 1.63 bits per heavy atom. The third-order valence-electron chi connectivity index (χ3n) is 2.59. The number of ether oxygens (including phenoxy) is 1. The SMILES string of the molecule is COC(=O)C(NCCN=[N+]=[N-])c1ccc(C)c(F)c1. The van der Waals surface area contributed by atoms with Gasteiger partial charge < -0.3 is 10.1 Å². The summed E-state index contributed by atoms with van der Waals surface area (Å²) in [7, 11) is 1.26. The second-order valence-corrected chi connectivity index (χ2v) is 3.87. The number of carbonyl (C=O) groups excluding carboxylic acids is 1. The van der Waals surface area contributed by atoms with Crippen LogP contribution in [0, 0.1) is 12.7 Å². The lowest BCUT2D eigenvalue weighted by Gasteiger charge is -2.16. The minimum absolute atomic E-state index is 0.193. The molecule has 0 saturated heterocycles. The van der Waals surface area contributed by atoms with E-state index < -0.39 is 12.0 Å². The first-order valence-electron chi connectivity index (χ1n) is 5.68. The monoisotopic (exact) mass is 266 g/mol. The molecule has 0 aliphatic rings. The number of methoxy groups -OCH3 is 1. The van der Waals surface area contributed by atoms with E-state index in [1.807, 2.05) is 0 Å². The summed E-state index contributed by atoms with van der Waals surface area (Å²) in [6, 6.07) is 3.75. The first-order valence-corrected chi connectivity index (χ1v) is 5.68. The molecule has 19 heavy (non-hydrogen) atoms. The Balaban J connectivity index is 2.86. The Kier molecular flexibility index (Phi) is 5.78. The van der Waals surface area contributed by atoms with E-state index in [9.17, 15) is 9.18 Å². The molecule has 0 aliphatic heterocycles. The Morgan fingerprint density at radius 2 is 2.37 bits per heavy atom. The van der Waals surface area contributed by atoms with Crippen LogP contribution in [0.5, 0.6) is 0 Å². The Labute approximate surface area is 110 Å².